The van der Waals surface area contributed by atoms with Crippen LogP contribution in [0, 0.1) is 0 Å². The van der Waals surface area contributed by atoms with Gasteiger partial charge in [-0.2, -0.15) is 17.0 Å². The molecule has 0 bridgehead atoms. The molecule has 6 heteroatoms. The Morgan fingerprint density at radius 2 is 1.68 bits per heavy atom. The van der Waals surface area contributed by atoms with Gasteiger partial charge in [-0.25, -0.2) is 0 Å². The van der Waals surface area contributed by atoms with Crippen LogP contribution in [0.25, 0.3) is 0 Å². The summed E-state index contributed by atoms with van der Waals surface area (Å²) in [4.78, 5) is 10.5. The molecule has 0 aromatic rings. The zero-order chi connectivity index (χ0) is 13.7. The molecule has 2 rings (SSSR count). The number of nitrogens with zero attached hydrogens (tertiary/aromatic N) is 2. The van der Waals surface area contributed by atoms with Gasteiger partial charge in [0.05, 0.1) is 0 Å². The van der Waals surface area contributed by atoms with Crippen molar-refractivity contribution < 1.29 is 13.2 Å². The fraction of sp³-hybridized carbons (Fsp3) is 0.923. The van der Waals surface area contributed by atoms with E-state index in [0.717, 1.165) is 38.4 Å². The maximum atomic E-state index is 12.6. The van der Waals surface area contributed by atoms with Gasteiger partial charge in [-0.1, -0.05) is 25.7 Å². The average Bonchev–Trinajstić information content (AvgIpc) is 2.65. The van der Waals surface area contributed by atoms with Crippen LogP contribution in [-0.4, -0.2) is 49.0 Å². The Morgan fingerprint density at radius 3 is 2.32 bits per heavy atom. The van der Waals surface area contributed by atoms with Gasteiger partial charge in [-0.3, -0.25) is 0 Å². The van der Waals surface area contributed by atoms with Gasteiger partial charge in [-0.05, 0) is 19.3 Å². The lowest BCUT2D eigenvalue weighted by Gasteiger charge is -2.38. The molecule has 1 aliphatic heterocycles. The lowest BCUT2D eigenvalue weighted by atomic mass is 10.1. The second-order valence-corrected chi connectivity index (χ2v) is 7.35. The molecule has 1 saturated carbocycles. The summed E-state index contributed by atoms with van der Waals surface area (Å²) in [7, 11) is -3.34. The summed E-state index contributed by atoms with van der Waals surface area (Å²) in [6.07, 6.45) is 8.63. The van der Waals surface area contributed by atoms with Crippen molar-refractivity contribution in [3.05, 3.63) is 0 Å². The van der Waals surface area contributed by atoms with Gasteiger partial charge in [0.1, 0.15) is 6.29 Å². The summed E-state index contributed by atoms with van der Waals surface area (Å²) >= 11 is 0. The van der Waals surface area contributed by atoms with E-state index < -0.39 is 10.2 Å². The van der Waals surface area contributed by atoms with Crippen molar-refractivity contribution >= 4 is 16.5 Å². The summed E-state index contributed by atoms with van der Waals surface area (Å²) in [5.74, 6) is 0. The number of hydrogen-bond donors (Lipinski definition) is 0. The maximum Gasteiger partial charge on any atom is 0.282 e. The Bertz CT molecular complexity index is 389. The molecule has 0 spiro atoms. The molecule has 2 fully saturated rings. The standard InChI is InChI=1S/C13H24N2O3S/c16-12-6-10-14-9-5-11-15(19(14,17)18)13-7-3-1-2-4-8-13/h12-13H,1-11H2. The Labute approximate surface area is 116 Å². The molecule has 1 aliphatic carbocycles. The van der Waals surface area contributed by atoms with E-state index in [1.54, 1.807) is 4.31 Å². The van der Waals surface area contributed by atoms with E-state index >= 15 is 0 Å². The van der Waals surface area contributed by atoms with Crippen LogP contribution in [0.5, 0.6) is 0 Å². The fourth-order valence-electron chi connectivity index (χ4n) is 3.12. The molecule has 0 amide bonds. The van der Waals surface area contributed by atoms with Crippen LogP contribution in [0.15, 0.2) is 0 Å². The van der Waals surface area contributed by atoms with Gasteiger partial charge in [0.25, 0.3) is 10.2 Å². The van der Waals surface area contributed by atoms with Crippen molar-refractivity contribution in [2.24, 2.45) is 0 Å². The minimum atomic E-state index is -3.34. The molecule has 0 radical (unpaired) electrons. The first-order chi connectivity index (χ1) is 9.16. The summed E-state index contributed by atoms with van der Waals surface area (Å²) in [5.41, 5.74) is 0. The van der Waals surface area contributed by atoms with Gasteiger partial charge >= 0.3 is 0 Å². The minimum Gasteiger partial charge on any atom is -0.303 e. The quantitative estimate of drug-likeness (QED) is 0.582. The highest BCUT2D eigenvalue weighted by Gasteiger charge is 2.37. The van der Waals surface area contributed by atoms with Gasteiger partial charge < -0.3 is 4.79 Å². The first-order valence-corrected chi connectivity index (χ1v) is 8.76. The Hall–Kier alpha value is -0.460. The highest BCUT2D eigenvalue weighted by atomic mass is 32.2. The molecule has 0 unspecified atom stereocenters. The number of rotatable bonds is 4. The number of carbonyl (C=O) groups is 1. The van der Waals surface area contributed by atoms with Crippen molar-refractivity contribution in [1.82, 2.24) is 8.61 Å². The largest absolute Gasteiger partial charge is 0.303 e. The Morgan fingerprint density at radius 1 is 1.00 bits per heavy atom. The van der Waals surface area contributed by atoms with Crippen LogP contribution in [0.3, 0.4) is 0 Å². The predicted octanol–water partition coefficient (Wildman–Crippen LogP) is 1.55. The third-order valence-electron chi connectivity index (χ3n) is 4.14. The van der Waals surface area contributed by atoms with E-state index in [1.807, 2.05) is 0 Å². The summed E-state index contributed by atoms with van der Waals surface area (Å²) < 4.78 is 28.3. The topological polar surface area (TPSA) is 57.7 Å². The Balaban J connectivity index is 2.08. The van der Waals surface area contributed by atoms with Crippen LogP contribution >= 0.6 is 0 Å². The molecule has 2 aliphatic rings. The average molecular weight is 288 g/mol. The van der Waals surface area contributed by atoms with Crippen molar-refractivity contribution in [1.29, 1.82) is 0 Å². The normalized spacial score (nSPS) is 26.9. The predicted molar refractivity (Wildman–Crippen MR) is 74.0 cm³/mol. The van der Waals surface area contributed by atoms with Crippen molar-refractivity contribution in [3.8, 4) is 0 Å². The first kappa shape index (κ1) is 14.9. The molecule has 0 N–H and O–H groups in total. The molecule has 19 heavy (non-hydrogen) atoms. The van der Waals surface area contributed by atoms with Gasteiger partial charge in [0.15, 0.2) is 0 Å². The number of carbonyl (C=O) groups excluding carboxylic acids is 1. The molecule has 5 nitrogen and oxygen atoms in total. The van der Waals surface area contributed by atoms with Crippen LogP contribution in [0.2, 0.25) is 0 Å². The monoisotopic (exact) mass is 288 g/mol. The Kier molecular flexibility index (Phi) is 5.36. The number of hydrogen-bond acceptors (Lipinski definition) is 3. The van der Waals surface area contributed by atoms with E-state index in [-0.39, 0.29) is 12.5 Å². The lowest BCUT2D eigenvalue weighted by molar-refractivity contribution is -0.107. The summed E-state index contributed by atoms with van der Waals surface area (Å²) in [5, 5.41) is 0. The zero-order valence-corrected chi connectivity index (χ0v) is 12.3. The SMILES string of the molecule is O=CCCN1CCCN(C2CCCCCC2)S1(=O)=O. The van der Waals surface area contributed by atoms with Crippen LogP contribution < -0.4 is 0 Å². The zero-order valence-electron chi connectivity index (χ0n) is 11.5. The van der Waals surface area contributed by atoms with Crippen molar-refractivity contribution in [2.75, 3.05) is 19.6 Å². The molecular formula is C13H24N2O3S. The second kappa shape index (κ2) is 6.81. The lowest BCUT2D eigenvalue weighted by Crippen LogP contribution is -2.53. The third kappa shape index (κ3) is 3.55. The first-order valence-electron chi connectivity index (χ1n) is 7.37. The highest BCUT2D eigenvalue weighted by molar-refractivity contribution is 7.86. The highest BCUT2D eigenvalue weighted by Crippen LogP contribution is 2.27. The third-order valence-corrected chi connectivity index (χ3v) is 6.23. The van der Waals surface area contributed by atoms with Gasteiger partial charge in [0.2, 0.25) is 0 Å². The molecule has 1 heterocycles. The molecule has 0 aromatic heterocycles. The maximum absolute atomic E-state index is 12.6. The van der Waals surface area contributed by atoms with E-state index in [0.29, 0.717) is 19.6 Å². The number of aldehydes is 1. The van der Waals surface area contributed by atoms with Gasteiger partial charge in [-0.15, -0.1) is 0 Å². The molecule has 0 atom stereocenters. The smallest absolute Gasteiger partial charge is 0.282 e. The van der Waals surface area contributed by atoms with E-state index in [1.165, 1.54) is 17.1 Å². The van der Waals surface area contributed by atoms with Crippen LogP contribution in [-0.2, 0) is 15.0 Å². The van der Waals surface area contributed by atoms with Crippen LogP contribution in [0.1, 0.15) is 51.4 Å². The van der Waals surface area contributed by atoms with Crippen molar-refractivity contribution in [2.45, 2.75) is 57.4 Å². The van der Waals surface area contributed by atoms with Crippen molar-refractivity contribution in [3.63, 3.8) is 0 Å². The minimum absolute atomic E-state index is 0.173. The van der Waals surface area contributed by atoms with E-state index in [2.05, 4.69) is 0 Å². The van der Waals surface area contributed by atoms with Gasteiger partial charge in [0, 0.05) is 32.1 Å². The summed E-state index contributed by atoms with van der Waals surface area (Å²) in [6.45, 7) is 1.53. The molecule has 1 saturated heterocycles. The summed E-state index contributed by atoms with van der Waals surface area (Å²) in [6, 6.07) is 0.173. The molecule has 0 aromatic carbocycles. The van der Waals surface area contributed by atoms with E-state index in [4.69, 9.17) is 0 Å². The fourth-order valence-corrected chi connectivity index (χ4v) is 5.06. The molecule has 110 valence electrons. The second-order valence-electron chi connectivity index (χ2n) is 5.47. The van der Waals surface area contributed by atoms with E-state index in [9.17, 15) is 13.2 Å². The molecular weight excluding hydrogens is 264 g/mol. The van der Waals surface area contributed by atoms with Crippen LogP contribution in [0.4, 0.5) is 0 Å².